The van der Waals surface area contributed by atoms with Gasteiger partial charge in [0.15, 0.2) is 0 Å². The molecule has 0 saturated carbocycles. The zero-order valence-electron chi connectivity index (χ0n) is 10.8. The topological polar surface area (TPSA) is 41.1 Å². The van der Waals surface area contributed by atoms with Gasteiger partial charge < -0.3 is 10.6 Å². The van der Waals surface area contributed by atoms with Crippen LogP contribution in [0.25, 0.3) is 0 Å². The number of aryl methyl sites for hydroxylation is 1. The molecule has 3 nitrogen and oxygen atoms in total. The molecular formula is C14H19FN2O. The fourth-order valence-electron chi connectivity index (χ4n) is 2.31. The van der Waals surface area contributed by atoms with Crippen LogP contribution in [0.5, 0.6) is 0 Å². The van der Waals surface area contributed by atoms with Gasteiger partial charge in [0.1, 0.15) is 5.82 Å². The molecule has 1 aliphatic rings. The third kappa shape index (κ3) is 2.88. The van der Waals surface area contributed by atoms with Crippen molar-refractivity contribution in [1.82, 2.24) is 10.6 Å². The van der Waals surface area contributed by atoms with Gasteiger partial charge in [-0.2, -0.15) is 0 Å². The summed E-state index contributed by atoms with van der Waals surface area (Å²) in [4.78, 5) is 12.1. The van der Waals surface area contributed by atoms with Crippen molar-refractivity contribution in [2.45, 2.75) is 26.3 Å². The highest BCUT2D eigenvalue weighted by Crippen LogP contribution is 2.14. The average molecular weight is 250 g/mol. The van der Waals surface area contributed by atoms with Crippen LogP contribution in [-0.4, -0.2) is 25.0 Å². The molecule has 2 rings (SSSR count). The van der Waals surface area contributed by atoms with Crippen molar-refractivity contribution in [3.05, 3.63) is 35.1 Å². The molecule has 1 aromatic rings. The molecule has 2 atom stereocenters. The van der Waals surface area contributed by atoms with E-state index in [-0.39, 0.29) is 17.8 Å². The first kappa shape index (κ1) is 13.0. The summed E-state index contributed by atoms with van der Waals surface area (Å²) in [7, 11) is 0. The molecule has 98 valence electrons. The van der Waals surface area contributed by atoms with Gasteiger partial charge in [0.25, 0.3) is 5.91 Å². The predicted octanol–water partition coefficient (Wildman–Crippen LogP) is 1.86. The first-order valence-electron chi connectivity index (χ1n) is 6.35. The van der Waals surface area contributed by atoms with Crippen LogP contribution in [0.1, 0.15) is 29.3 Å². The van der Waals surface area contributed by atoms with Gasteiger partial charge in [-0.05, 0) is 50.0 Å². The number of nitrogens with one attached hydrogen (secondary N) is 2. The summed E-state index contributed by atoms with van der Waals surface area (Å²) in [5, 5.41) is 6.29. The van der Waals surface area contributed by atoms with E-state index in [4.69, 9.17) is 0 Å². The molecule has 1 aliphatic heterocycles. The zero-order chi connectivity index (χ0) is 13.1. The molecule has 1 fully saturated rings. The molecule has 1 saturated heterocycles. The summed E-state index contributed by atoms with van der Waals surface area (Å²) >= 11 is 0. The minimum Gasteiger partial charge on any atom is -0.349 e. The molecule has 1 aromatic carbocycles. The van der Waals surface area contributed by atoms with Crippen molar-refractivity contribution in [2.75, 3.05) is 13.1 Å². The van der Waals surface area contributed by atoms with Crippen LogP contribution in [0.4, 0.5) is 4.39 Å². The second kappa shape index (κ2) is 5.48. The van der Waals surface area contributed by atoms with Crippen LogP contribution in [-0.2, 0) is 0 Å². The molecule has 0 radical (unpaired) electrons. The molecule has 2 N–H and O–H groups in total. The summed E-state index contributed by atoms with van der Waals surface area (Å²) in [6.45, 7) is 5.75. The quantitative estimate of drug-likeness (QED) is 0.841. The third-order valence-electron chi connectivity index (χ3n) is 3.55. The summed E-state index contributed by atoms with van der Waals surface area (Å²) in [5.74, 6) is -0.147. The second-order valence-electron chi connectivity index (χ2n) is 5.01. The molecule has 4 heteroatoms. The minimum absolute atomic E-state index is 0.168. The molecule has 0 spiro atoms. The van der Waals surface area contributed by atoms with E-state index in [1.807, 2.05) is 6.92 Å². The maximum atomic E-state index is 13.2. The number of carbonyl (C=O) groups excluding carboxylic acids is 1. The van der Waals surface area contributed by atoms with Gasteiger partial charge in [0.05, 0.1) is 0 Å². The van der Waals surface area contributed by atoms with E-state index in [1.165, 1.54) is 12.1 Å². The first-order chi connectivity index (χ1) is 8.58. The Labute approximate surface area is 107 Å². The lowest BCUT2D eigenvalue weighted by atomic mass is 9.94. The van der Waals surface area contributed by atoms with Crippen molar-refractivity contribution in [3.63, 3.8) is 0 Å². The van der Waals surface area contributed by atoms with Crippen LogP contribution < -0.4 is 10.6 Å². The van der Waals surface area contributed by atoms with E-state index in [2.05, 4.69) is 17.6 Å². The predicted molar refractivity (Wildman–Crippen MR) is 69.0 cm³/mol. The minimum atomic E-state index is -0.371. The van der Waals surface area contributed by atoms with E-state index in [0.717, 1.165) is 25.1 Å². The third-order valence-corrected chi connectivity index (χ3v) is 3.55. The van der Waals surface area contributed by atoms with E-state index >= 15 is 0 Å². The molecule has 0 bridgehead atoms. The Kier molecular flexibility index (Phi) is 3.97. The maximum Gasteiger partial charge on any atom is 0.251 e. The van der Waals surface area contributed by atoms with Gasteiger partial charge in [0.2, 0.25) is 0 Å². The Morgan fingerprint density at radius 3 is 3.00 bits per heavy atom. The summed E-state index contributed by atoms with van der Waals surface area (Å²) in [6, 6.07) is 4.48. The normalized spacial score (nSPS) is 23.7. The molecule has 1 heterocycles. The van der Waals surface area contributed by atoms with Crippen molar-refractivity contribution in [2.24, 2.45) is 5.92 Å². The van der Waals surface area contributed by atoms with Gasteiger partial charge in [-0.1, -0.05) is 13.0 Å². The summed E-state index contributed by atoms with van der Waals surface area (Å²) < 4.78 is 13.2. The van der Waals surface area contributed by atoms with Crippen molar-refractivity contribution in [1.29, 1.82) is 0 Å². The van der Waals surface area contributed by atoms with E-state index in [1.54, 1.807) is 6.07 Å². The Morgan fingerprint density at radius 2 is 2.28 bits per heavy atom. The van der Waals surface area contributed by atoms with E-state index in [9.17, 15) is 9.18 Å². The smallest absolute Gasteiger partial charge is 0.251 e. The molecule has 0 aliphatic carbocycles. The van der Waals surface area contributed by atoms with Crippen molar-refractivity contribution in [3.8, 4) is 0 Å². The van der Waals surface area contributed by atoms with E-state index < -0.39 is 0 Å². The number of rotatable bonds is 2. The molecule has 1 amide bonds. The number of piperidine rings is 1. The lowest BCUT2D eigenvalue weighted by Gasteiger charge is -2.30. The number of amides is 1. The Hall–Kier alpha value is -1.42. The highest BCUT2D eigenvalue weighted by molar-refractivity contribution is 5.95. The fourth-order valence-corrected chi connectivity index (χ4v) is 2.31. The summed E-state index contributed by atoms with van der Waals surface area (Å²) in [5.41, 5.74) is 1.23. The summed E-state index contributed by atoms with van der Waals surface area (Å²) in [6.07, 6.45) is 0.918. The van der Waals surface area contributed by atoms with Crippen LogP contribution in [0.2, 0.25) is 0 Å². The van der Waals surface area contributed by atoms with Crippen molar-refractivity contribution < 1.29 is 9.18 Å². The standard InChI is InChI=1S/C14H19FN2O/c1-9-3-4-11(15)7-12(9)14(18)17-13-5-6-16-8-10(13)2/h3-4,7,10,13,16H,5-6,8H2,1-2H3,(H,17,18)/t10-,13-/m1/s1. The van der Waals surface area contributed by atoms with E-state index in [0.29, 0.717) is 11.5 Å². The lowest BCUT2D eigenvalue weighted by Crippen LogP contribution is -2.48. The Balaban J connectivity index is 2.09. The lowest BCUT2D eigenvalue weighted by molar-refractivity contribution is 0.0913. The molecule has 0 unspecified atom stereocenters. The van der Waals surface area contributed by atoms with Gasteiger partial charge in [-0.25, -0.2) is 4.39 Å². The number of benzene rings is 1. The van der Waals surface area contributed by atoms with Crippen LogP contribution in [0, 0.1) is 18.7 Å². The number of carbonyl (C=O) groups is 1. The number of hydrogen-bond acceptors (Lipinski definition) is 2. The first-order valence-corrected chi connectivity index (χ1v) is 6.35. The molecule has 0 aromatic heterocycles. The highest BCUT2D eigenvalue weighted by Gasteiger charge is 2.23. The number of halogens is 1. The Bertz CT molecular complexity index is 447. The monoisotopic (exact) mass is 250 g/mol. The maximum absolute atomic E-state index is 13.2. The van der Waals surface area contributed by atoms with Crippen LogP contribution in [0.15, 0.2) is 18.2 Å². The Morgan fingerprint density at radius 1 is 1.50 bits per heavy atom. The molecule has 18 heavy (non-hydrogen) atoms. The SMILES string of the molecule is Cc1ccc(F)cc1C(=O)N[C@@H]1CCNC[C@H]1C. The highest BCUT2D eigenvalue weighted by atomic mass is 19.1. The van der Waals surface area contributed by atoms with Crippen LogP contribution in [0.3, 0.4) is 0 Å². The average Bonchev–Trinajstić information content (AvgIpc) is 2.35. The zero-order valence-corrected chi connectivity index (χ0v) is 10.8. The number of hydrogen-bond donors (Lipinski definition) is 2. The van der Waals surface area contributed by atoms with Gasteiger partial charge >= 0.3 is 0 Å². The van der Waals surface area contributed by atoms with Gasteiger partial charge in [-0.15, -0.1) is 0 Å². The largest absolute Gasteiger partial charge is 0.349 e. The second-order valence-corrected chi connectivity index (χ2v) is 5.01. The van der Waals surface area contributed by atoms with Gasteiger partial charge in [0, 0.05) is 11.6 Å². The fraction of sp³-hybridized carbons (Fsp3) is 0.500. The molecular weight excluding hydrogens is 231 g/mol. The van der Waals surface area contributed by atoms with Gasteiger partial charge in [-0.3, -0.25) is 4.79 Å². The van der Waals surface area contributed by atoms with Crippen LogP contribution >= 0.6 is 0 Å². The van der Waals surface area contributed by atoms with Crippen molar-refractivity contribution >= 4 is 5.91 Å².